The molecule has 1 saturated heterocycles. The van der Waals surface area contributed by atoms with Crippen LogP contribution in [-0.4, -0.2) is 23.0 Å². The van der Waals surface area contributed by atoms with E-state index in [0.717, 1.165) is 18.4 Å². The number of carbonyl (C=O) groups excluding carboxylic acids is 1. The molecule has 1 aromatic rings. The topological polar surface area (TPSA) is 39.2 Å². The van der Waals surface area contributed by atoms with Crippen molar-refractivity contribution in [2.45, 2.75) is 31.8 Å². The smallest absolute Gasteiger partial charge is 0.168 e. The van der Waals surface area contributed by atoms with Crippen LogP contribution in [0.25, 0.3) is 0 Å². The van der Waals surface area contributed by atoms with E-state index < -0.39 is 5.60 Å². The zero-order chi connectivity index (χ0) is 11.6. The van der Waals surface area contributed by atoms with Crippen molar-refractivity contribution >= 4 is 17.4 Å². The second-order valence-corrected chi connectivity index (χ2v) is 4.66. The summed E-state index contributed by atoms with van der Waals surface area (Å²) in [4.78, 5) is 16.0. The third-order valence-corrected chi connectivity index (χ3v) is 3.36. The van der Waals surface area contributed by atoms with Gasteiger partial charge in [0, 0.05) is 25.4 Å². The summed E-state index contributed by atoms with van der Waals surface area (Å²) in [5.74, 6) is 0.0955. The molecular formula is C12H14ClNO2. The first-order valence-corrected chi connectivity index (χ1v) is 5.75. The molecule has 4 heteroatoms. The summed E-state index contributed by atoms with van der Waals surface area (Å²) in [5, 5.41) is 0.539. The Kier molecular flexibility index (Phi) is 3.26. The van der Waals surface area contributed by atoms with Crippen molar-refractivity contribution in [2.24, 2.45) is 0 Å². The largest absolute Gasteiger partial charge is 0.367 e. The van der Waals surface area contributed by atoms with Crippen molar-refractivity contribution < 1.29 is 9.53 Å². The molecule has 3 nitrogen and oxygen atoms in total. The van der Waals surface area contributed by atoms with Crippen molar-refractivity contribution in [3.05, 3.63) is 29.0 Å². The van der Waals surface area contributed by atoms with Gasteiger partial charge in [0.1, 0.15) is 5.60 Å². The predicted octanol–water partition coefficient (Wildman–Crippen LogP) is 2.42. The highest BCUT2D eigenvalue weighted by Crippen LogP contribution is 2.28. The van der Waals surface area contributed by atoms with Crippen molar-refractivity contribution in [1.82, 2.24) is 4.98 Å². The van der Waals surface area contributed by atoms with Crippen molar-refractivity contribution in [1.29, 1.82) is 0 Å². The minimum Gasteiger partial charge on any atom is -0.367 e. The van der Waals surface area contributed by atoms with Crippen molar-refractivity contribution in [2.75, 3.05) is 6.61 Å². The lowest BCUT2D eigenvalue weighted by Gasteiger charge is -2.21. The van der Waals surface area contributed by atoms with E-state index in [9.17, 15) is 4.79 Å². The molecule has 1 aliphatic rings. The average molecular weight is 240 g/mol. The lowest BCUT2D eigenvalue weighted by Crippen LogP contribution is -2.35. The molecule has 0 amide bonds. The molecule has 0 aromatic carbocycles. The van der Waals surface area contributed by atoms with Gasteiger partial charge in [0.05, 0.1) is 5.02 Å². The fourth-order valence-corrected chi connectivity index (χ4v) is 2.09. The number of hydrogen-bond acceptors (Lipinski definition) is 3. The van der Waals surface area contributed by atoms with E-state index >= 15 is 0 Å². The number of carbonyl (C=O) groups is 1. The Morgan fingerprint density at radius 3 is 3.12 bits per heavy atom. The normalized spacial score (nSPS) is 24.6. The quantitative estimate of drug-likeness (QED) is 0.813. The molecule has 1 fully saturated rings. The number of nitrogens with zero attached hydrogens (tertiary/aromatic N) is 1. The van der Waals surface area contributed by atoms with Gasteiger partial charge in [-0.25, -0.2) is 0 Å². The van der Waals surface area contributed by atoms with Gasteiger partial charge in [0.25, 0.3) is 0 Å². The maximum atomic E-state index is 12.1. The fraction of sp³-hybridized carbons (Fsp3) is 0.500. The summed E-state index contributed by atoms with van der Waals surface area (Å²) in [6, 6.07) is 1.78. The van der Waals surface area contributed by atoms with E-state index in [0.29, 0.717) is 18.1 Å². The van der Waals surface area contributed by atoms with Crippen LogP contribution in [-0.2, 0) is 16.0 Å². The third-order valence-electron chi connectivity index (χ3n) is 3.02. The third kappa shape index (κ3) is 2.25. The number of Topliss-reactive ketones (excluding diaryl/α,β-unsaturated/α-hetero) is 1. The van der Waals surface area contributed by atoms with Crippen LogP contribution >= 0.6 is 11.6 Å². The molecule has 2 rings (SSSR count). The lowest BCUT2D eigenvalue weighted by atomic mass is 9.93. The summed E-state index contributed by atoms with van der Waals surface area (Å²) in [7, 11) is 0. The molecule has 0 spiro atoms. The highest BCUT2D eigenvalue weighted by Gasteiger charge is 2.37. The Morgan fingerprint density at radius 2 is 2.50 bits per heavy atom. The predicted molar refractivity (Wildman–Crippen MR) is 61.5 cm³/mol. The number of ether oxygens (including phenoxy) is 1. The second kappa shape index (κ2) is 4.52. The van der Waals surface area contributed by atoms with E-state index in [4.69, 9.17) is 16.3 Å². The standard InChI is InChI=1S/C12H14ClNO2/c1-12(4-2-6-16-12)11(15)7-9-3-5-14-8-10(9)13/h3,5,8H,2,4,6-7H2,1H3. The highest BCUT2D eigenvalue weighted by atomic mass is 35.5. The number of rotatable bonds is 3. The number of ketones is 1. The van der Waals surface area contributed by atoms with E-state index in [1.165, 1.54) is 0 Å². The summed E-state index contributed by atoms with van der Waals surface area (Å²) in [5.41, 5.74) is 0.200. The molecule has 0 aliphatic carbocycles. The van der Waals surface area contributed by atoms with Crippen LogP contribution in [0.2, 0.25) is 5.02 Å². The lowest BCUT2D eigenvalue weighted by molar-refractivity contribution is -0.136. The minimum atomic E-state index is -0.618. The van der Waals surface area contributed by atoms with Gasteiger partial charge in [-0.1, -0.05) is 11.6 Å². The Hall–Kier alpha value is -0.930. The summed E-state index contributed by atoms with van der Waals surface area (Å²) in [6.07, 6.45) is 5.27. The summed E-state index contributed by atoms with van der Waals surface area (Å²) < 4.78 is 5.51. The van der Waals surface area contributed by atoms with Gasteiger partial charge in [0.2, 0.25) is 0 Å². The molecule has 0 N–H and O–H groups in total. The Labute approximate surface area is 99.8 Å². The second-order valence-electron chi connectivity index (χ2n) is 4.25. The van der Waals surface area contributed by atoms with Crippen LogP contribution in [0.3, 0.4) is 0 Å². The highest BCUT2D eigenvalue weighted by molar-refractivity contribution is 6.31. The maximum absolute atomic E-state index is 12.1. The van der Waals surface area contributed by atoms with Gasteiger partial charge in [-0.15, -0.1) is 0 Å². The van der Waals surface area contributed by atoms with Crippen LogP contribution in [0.15, 0.2) is 18.5 Å². The number of aromatic nitrogens is 1. The van der Waals surface area contributed by atoms with Gasteiger partial charge in [0.15, 0.2) is 5.78 Å². The maximum Gasteiger partial charge on any atom is 0.168 e. The zero-order valence-electron chi connectivity index (χ0n) is 9.20. The Bertz CT molecular complexity index is 400. The molecule has 1 aromatic heterocycles. The average Bonchev–Trinajstić information content (AvgIpc) is 2.70. The molecule has 86 valence electrons. The van der Waals surface area contributed by atoms with Crippen molar-refractivity contribution in [3.8, 4) is 0 Å². The van der Waals surface area contributed by atoms with Crippen LogP contribution < -0.4 is 0 Å². The number of hydrogen-bond donors (Lipinski definition) is 0. The molecule has 16 heavy (non-hydrogen) atoms. The zero-order valence-corrected chi connectivity index (χ0v) is 9.96. The molecule has 0 bridgehead atoms. The van der Waals surface area contributed by atoms with E-state index in [2.05, 4.69) is 4.98 Å². The monoisotopic (exact) mass is 239 g/mol. The van der Waals surface area contributed by atoms with E-state index in [1.807, 2.05) is 6.92 Å². The molecule has 2 heterocycles. The molecule has 1 unspecified atom stereocenters. The van der Waals surface area contributed by atoms with Gasteiger partial charge < -0.3 is 4.74 Å². The molecule has 0 radical (unpaired) electrons. The van der Waals surface area contributed by atoms with Gasteiger partial charge in [-0.2, -0.15) is 0 Å². The van der Waals surface area contributed by atoms with E-state index in [-0.39, 0.29) is 5.78 Å². The number of pyridine rings is 1. The van der Waals surface area contributed by atoms with Crippen LogP contribution in [0.1, 0.15) is 25.3 Å². The van der Waals surface area contributed by atoms with Crippen LogP contribution in [0.5, 0.6) is 0 Å². The summed E-state index contributed by atoms with van der Waals surface area (Å²) in [6.45, 7) is 2.53. The fourth-order valence-electron chi connectivity index (χ4n) is 1.91. The van der Waals surface area contributed by atoms with Gasteiger partial charge in [-0.05, 0) is 31.4 Å². The molecule has 0 saturated carbocycles. The Balaban J connectivity index is 2.10. The molecular weight excluding hydrogens is 226 g/mol. The first-order chi connectivity index (χ1) is 7.62. The first kappa shape index (κ1) is 11.6. The summed E-state index contributed by atoms with van der Waals surface area (Å²) >= 11 is 5.96. The molecule has 1 aliphatic heterocycles. The van der Waals surface area contributed by atoms with Gasteiger partial charge in [-0.3, -0.25) is 9.78 Å². The molecule has 1 atom stereocenters. The van der Waals surface area contributed by atoms with Crippen LogP contribution in [0.4, 0.5) is 0 Å². The van der Waals surface area contributed by atoms with Gasteiger partial charge >= 0.3 is 0 Å². The first-order valence-electron chi connectivity index (χ1n) is 5.37. The van der Waals surface area contributed by atoms with Crippen molar-refractivity contribution in [3.63, 3.8) is 0 Å². The SMILES string of the molecule is CC1(C(=O)Cc2ccncc2Cl)CCCO1. The number of halogens is 1. The Morgan fingerprint density at radius 1 is 1.69 bits per heavy atom. The van der Waals surface area contributed by atoms with Crippen LogP contribution in [0, 0.1) is 0 Å². The minimum absolute atomic E-state index is 0.0955. The van der Waals surface area contributed by atoms with E-state index in [1.54, 1.807) is 18.5 Å².